The number of thiophene rings is 1. The quantitative estimate of drug-likeness (QED) is 0.205. The molecule has 3 aliphatic heterocycles. The van der Waals surface area contributed by atoms with Crippen molar-refractivity contribution in [3.63, 3.8) is 0 Å². The van der Waals surface area contributed by atoms with Crippen LogP contribution in [0.15, 0.2) is 41.1 Å². The van der Waals surface area contributed by atoms with Gasteiger partial charge in [-0.25, -0.2) is 4.98 Å². The fourth-order valence-corrected chi connectivity index (χ4v) is 9.06. The molecule has 234 valence electrons. The Kier molecular flexibility index (Phi) is 6.85. The van der Waals surface area contributed by atoms with Crippen LogP contribution in [0.3, 0.4) is 0 Å². The average Bonchev–Trinajstić information content (AvgIpc) is 3.92. The fraction of sp³-hybridized carbons (Fsp3) is 0.429. The summed E-state index contributed by atoms with van der Waals surface area (Å²) in [6, 6.07) is 8.58. The minimum absolute atomic E-state index is 0.0193. The van der Waals surface area contributed by atoms with Gasteiger partial charge in [-0.1, -0.05) is 6.07 Å². The minimum Gasteiger partial charge on any atom is -0.421 e. The zero-order valence-corrected chi connectivity index (χ0v) is 26.6. The highest BCUT2D eigenvalue weighted by Gasteiger charge is 2.45. The van der Waals surface area contributed by atoms with Crippen LogP contribution < -0.4 is 5.32 Å². The summed E-state index contributed by atoms with van der Waals surface area (Å²) in [6.45, 7) is 4.18. The zero-order chi connectivity index (χ0) is 30.8. The molecule has 2 saturated heterocycles. The summed E-state index contributed by atoms with van der Waals surface area (Å²) in [5.74, 6) is 2.39. The minimum atomic E-state index is 0.0193. The lowest BCUT2D eigenvalue weighted by Crippen LogP contribution is -2.22. The molecule has 8 heterocycles. The first-order chi connectivity index (χ1) is 22.6. The van der Waals surface area contributed by atoms with Gasteiger partial charge in [-0.2, -0.15) is 0 Å². The second kappa shape index (κ2) is 11.2. The molecule has 0 radical (unpaired) electrons. The van der Waals surface area contributed by atoms with Crippen LogP contribution in [0.4, 0.5) is 5.82 Å². The maximum Gasteiger partial charge on any atom is 0.257 e. The van der Waals surface area contributed by atoms with Gasteiger partial charge in [0.05, 0.1) is 39.3 Å². The summed E-state index contributed by atoms with van der Waals surface area (Å²) in [5, 5.41) is 13.5. The van der Waals surface area contributed by atoms with Crippen molar-refractivity contribution in [1.82, 2.24) is 30.0 Å². The van der Waals surface area contributed by atoms with Crippen LogP contribution in [0.2, 0.25) is 0 Å². The van der Waals surface area contributed by atoms with E-state index in [2.05, 4.69) is 38.7 Å². The summed E-state index contributed by atoms with van der Waals surface area (Å²) in [5.41, 5.74) is 6.59. The van der Waals surface area contributed by atoms with Gasteiger partial charge in [0.2, 0.25) is 11.8 Å². The molecular formula is C35H35N7O3S. The molecule has 0 saturated carbocycles. The Hall–Kier alpha value is -4.22. The molecule has 1 amide bonds. The number of hydrogen-bond donors (Lipinski definition) is 1. The van der Waals surface area contributed by atoms with Crippen molar-refractivity contribution in [2.24, 2.45) is 5.92 Å². The molecule has 5 aromatic heterocycles. The molecule has 0 bridgehead atoms. The first-order valence-electron chi connectivity index (χ1n) is 16.5. The summed E-state index contributed by atoms with van der Waals surface area (Å²) < 4.78 is 12.8. The van der Waals surface area contributed by atoms with Crippen molar-refractivity contribution in [3.05, 3.63) is 70.8 Å². The molecule has 2 unspecified atom stereocenters. The van der Waals surface area contributed by atoms with E-state index in [9.17, 15) is 4.79 Å². The highest BCUT2D eigenvalue weighted by atomic mass is 32.1. The third-order valence-corrected chi connectivity index (χ3v) is 11.4. The first kappa shape index (κ1) is 28.0. The molecule has 10 nitrogen and oxygen atoms in total. The highest BCUT2D eigenvalue weighted by Crippen LogP contribution is 2.50. The molecule has 1 aliphatic carbocycles. The lowest BCUT2D eigenvalue weighted by atomic mass is 9.90. The summed E-state index contributed by atoms with van der Waals surface area (Å²) in [4.78, 5) is 31.9. The van der Waals surface area contributed by atoms with Gasteiger partial charge in [0.1, 0.15) is 5.82 Å². The smallest absolute Gasteiger partial charge is 0.257 e. The van der Waals surface area contributed by atoms with Gasteiger partial charge in [0.15, 0.2) is 0 Å². The number of carbonyl (C=O) groups is 1. The van der Waals surface area contributed by atoms with Crippen molar-refractivity contribution in [1.29, 1.82) is 0 Å². The number of anilines is 1. The number of nitrogens with zero attached hydrogens (tertiary/aromatic N) is 6. The van der Waals surface area contributed by atoms with Crippen LogP contribution in [0.5, 0.6) is 0 Å². The molecule has 5 aromatic rings. The number of aryl methyl sites for hydroxylation is 3. The number of fused-ring (bicyclic) bond motifs is 5. The van der Waals surface area contributed by atoms with Crippen molar-refractivity contribution in [2.75, 3.05) is 25.1 Å². The number of carbonyl (C=O) groups excluding carboxylic acids is 1. The van der Waals surface area contributed by atoms with Crippen LogP contribution in [-0.2, 0) is 17.6 Å². The lowest BCUT2D eigenvalue weighted by molar-refractivity contribution is 0.0639. The maximum atomic E-state index is 14.2. The van der Waals surface area contributed by atoms with Gasteiger partial charge >= 0.3 is 0 Å². The Morgan fingerprint density at radius 3 is 2.83 bits per heavy atom. The van der Waals surface area contributed by atoms with Gasteiger partial charge in [-0.05, 0) is 86.4 Å². The Balaban J connectivity index is 1.20. The third kappa shape index (κ3) is 4.62. The van der Waals surface area contributed by atoms with Crippen molar-refractivity contribution in [3.8, 4) is 21.9 Å². The topological polar surface area (TPSA) is 119 Å². The van der Waals surface area contributed by atoms with Gasteiger partial charge in [0, 0.05) is 55.2 Å². The normalized spacial score (nSPS) is 20.8. The van der Waals surface area contributed by atoms with E-state index in [-0.39, 0.29) is 18.0 Å². The van der Waals surface area contributed by atoms with E-state index < -0.39 is 0 Å². The molecule has 0 aromatic carbocycles. The van der Waals surface area contributed by atoms with Crippen molar-refractivity contribution in [2.45, 2.75) is 70.4 Å². The largest absolute Gasteiger partial charge is 0.421 e. The van der Waals surface area contributed by atoms with E-state index in [4.69, 9.17) is 19.1 Å². The molecule has 2 fully saturated rings. The van der Waals surface area contributed by atoms with E-state index >= 15 is 0 Å². The maximum absolute atomic E-state index is 14.2. The standard InChI is InChI=1S/C35H35N7O3S/c1-19-40-41-34(45-19)28-25(7-6-20-11-16-44-17-12-20)38-31-26-5-3-15-42(26)35(43)30(31)29(28)27-18-21-10-14-37-33(32(21)46-27)39-24-9-8-23-22(24)4-2-13-36-23/h2,4,10,13-14,18,20,24,26H,3,5-9,11-12,15-17H2,1H3,(H,37,39). The number of aromatic nitrogens is 5. The number of amides is 1. The van der Waals surface area contributed by atoms with E-state index in [0.717, 1.165) is 120 Å². The highest BCUT2D eigenvalue weighted by molar-refractivity contribution is 7.23. The molecule has 46 heavy (non-hydrogen) atoms. The second-order valence-corrected chi connectivity index (χ2v) is 14.0. The van der Waals surface area contributed by atoms with Crippen LogP contribution in [0.1, 0.15) is 89.5 Å². The SMILES string of the molecule is Cc1nnc(-c2c(CCC3CCOCC3)nc3c(c2-c2cc4ccnc(NC5CCc6ncccc65)c4s2)C(=O)N2CCCC32)o1. The Morgan fingerprint density at radius 2 is 1.96 bits per heavy atom. The molecule has 0 spiro atoms. The molecule has 9 rings (SSSR count). The monoisotopic (exact) mass is 633 g/mol. The summed E-state index contributed by atoms with van der Waals surface area (Å²) >= 11 is 1.66. The van der Waals surface area contributed by atoms with E-state index in [1.165, 1.54) is 5.56 Å². The Labute approximate surface area is 270 Å². The number of rotatable bonds is 7. The van der Waals surface area contributed by atoms with Gasteiger partial charge in [0.25, 0.3) is 5.91 Å². The lowest BCUT2D eigenvalue weighted by Gasteiger charge is -2.22. The second-order valence-electron chi connectivity index (χ2n) is 12.9. The number of ether oxygens (including phenoxy) is 1. The van der Waals surface area contributed by atoms with E-state index in [1.807, 2.05) is 23.4 Å². The van der Waals surface area contributed by atoms with Gasteiger partial charge in [-0.15, -0.1) is 21.5 Å². The average molecular weight is 634 g/mol. The third-order valence-electron chi connectivity index (χ3n) is 10.2. The molecule has 1 N–H and O–H groups in total. The Morgan fingerprint density at radius 1 is 1.04 bits per heavy atom. The zero-order valence-electron chi connectivity index (χ0n) is 25.8. The number of hydrogen-bond acceptors (Lipinski definition) is 10. The van der Waals surface area contributed by atoms with Crippen molar-refractivity contribution < 1.29 is 13.9 Å². The molecule has 2 atom stereocenters. The van der Waals surface area contributed by atoms with E-state index in [1.54, 1.807) is 18.3 Å². The van der Waals surface area contributed by atoms with Crippen LogP contribution >= 0.6 is 11.3 Å². The predicted octanol–water partition coefficient (Wildman–Crippen LogP) is 6.86. The fourth-order valence-electron chi connectivity index (χ4n) is 7.90. The number of pyridine rings is 3. The molecule has 4 aliphatic rings. The van der Waals surface area contributed by atoms with Gasteiger partial charge in [-0.3, -0.25) is 14.8 Å². The molecular weight excluding hydrogens is 598 g/mol. The van der Waals surface area contributed by atoms with Crippen molar-refractivity contribution >= 4 is 33.1 Å². The number of nitrogens with one attached hydrogen (secondary N) is 1. The van der Waals surface area contributed by atoms with Crippen LogP contribution in [-0.4, -0.2) is 55.7 Å². The first-order valence-corrected chi connectivity index (χ1v) is 17.3. The summed E-state index contributed by atoms with van der Waals surface area (Å²) in [7, 11) is 0. The van der Waals surface area contributed by atoms with Crippen LogP contribution in [0, 0.1) is 12.8 Å². The van der Waals surface area contributed by atoms with E-state index in [0.29, 0.717) is 23.3 Å². The molecule has 11 heteroatoms. The van der Waals surface area contributed by atoms with Crippen LogP contribution in [0.25, 0.3) is 32.0 Å². The predicted molar refractivity (Wildman–Crippen MR) is 175 cm³/mol. The van der Waals surface area contributed by atoms with Gasteiger partial charge < -0.3 is 19.4 Å². The Bertz CT molecular complexity index is 1980. The summed E-state index contributed by atoms with van der Waals surface area (Å²) in [6.07, 6.45) is 11.5.